The van der Waals surface area contributed by atoms with Gasteiger partial charge in [0.05, 0.1) is 0 Å². The molecule has 0 unspecified atom stereocenters. The summed E-state index contributed by atoms with van der Waals surface area (Å²) < 4.78 is 4.72. The van der Waals surface area contributed by atoms with E-state index in [1.807, 2.05) is 32.0 Å². The van der Waals surface area contributed by atoms with E-state index >= 15 is 0 Å². The summed E-state index contributed by atoms with van der Waals surface area (Å²) in [4.78, 5) is 27.1. The van der Waals surface area contributed by atoms with Crippen molar-refractivity contribution in [1.82, 2.24) is 10.1 Å². The Hall–Kier alpha value is -2.83. The largest absolute Gasteiger partial charge is 0.363 e. The highest BCUT2D eigenvalue weighted by Gasteiger charge is 2.22. The van der Waals surface area contributed by atoms with Gasteiger partial charge in [-0.1, -0.05) is 64.9 Å². The molecule has 2 aromatic rings. The fourth-order valence-corrected chi connectivity index (χ4v) is 3.17. The van der Waals surface area contributed by atoms with Gasteiger partial charge in [-0.2, -0.15) is 0 Å². The van der Waals surface area contributed by atoms with Gasteiger partial charge in [-0.25, -0.2) is 4.79 Å². The van der Waals surface area contributed by atoms with Crippen LogP contribution in [0.25, 0.3) is 0 Å². The van der Waals surface area contributed by atoms with Gasteiger partial charge in [0, 0.05) is 18.3 Å². The molecule has 29 heavy (non-hydrogen) atoms. The summed E-state index contributed by atoms with van der Waals surface area (Å²) >= 11 is 0. The number of amides is 3. The Kier molecular flexibility index (Phi) is 7.82. The van der Waals surface area contributed by atoms with Gasteiger partial charge in [0.1, 0.15) is 12.8 Å². The third-order valence-corrected chi connectivity index (χ3v) is 4.52. The summed E-state index contributed by atoms with van der Waals surface area (Å²) in [6.07, 6.45) is 1.38. The SMILES string of the molecule is CC(C)CN(CC(=O)Nc1ccon1)C(=O)Nc1c(C(C)C)cccc1C(C)C. The number of hydrogen-bond acceptors (Lipinski definition) is 4. The predicted octanol–water partition coefficient (Wildman–Crippen LogP) is 5.05. The maximum atomic E-state index is 13.1. The normalized spacial score (nSPS) is 11.2. The van der Waals surface area contributed by atoms with Crippen molar-refractivity contribution in [2.75, 3.05) is 23.7 Å². The molecule has 0 saturated heterocycles. The molecule has 158 valence electrons. The molecule has 7 nitrogen and oxygen atoms in total. The fraction of sp³-hybridized carbons (Fsp3) is 0.500. The zero-order chi connectivity index (χ0) is 21.6. The van der Waals surface area contributed by atoms with Gasteiger partial charge in [0.15, 0.2) is 5.82 Å². The van der Waals surface area contributed by atoms with Crippen LogP contribution in [0.2, 0.25) is 0 Å². The van der Waals surface area contributed by atoms with Crippen LogP contribution in [0.3, 0.4) is 0 Å². The molecule has 2 rings (SSSR count). The van der Waals surface area contributed by atoms with Crippen LogP contribution in [0.4, 0.5) is 16.3 Å². The molecule has 0 saturated carbocycles. The Bertz CT molecular complexity index is 787. The molecule has 1 aromatic carbocycles. The van der Waals surface area contributed by atoms with Crippen LogP contribution in [0.1, 0.15) is 64.5 Å². The van der Waals surface area contributed by atoms with E-state index in [0.717, 1.165) is 16.8 Å². The van der Waals surface area contributed by atoms with Crippen molar-refractivity contribution < 1.29 is 14.1 Å². The average Bonchev–Trinajstić information content (AvgIpc) is 3.13. The van der Waals surface area contributed by atoms with E-state index in [9.17, 15) is 9.59 Å². The Balaban J connectivity index is 2.22. The lowest BCUT2D eigenvalue weighted by atomic mass is 9.93. The van der Waals surface area contributed by atoms with Crippen molar-refractivity contribution in [3.8, 4) is 0 Å². The smallest absolute Gasteiger partial charge is 0.322 e. The zero-order valence-corrected chi connectivity index (χ0v) is 18.2. The summed E-state index contributed by atoms with van der Waals surface area (Å²) in [7, 11) is 0. The third kappa shape index (κ3) is 6.34. The van der Waals surface area contributed by atoms with E-state index in [-0.39, 0.29) is 36.2 Å². The number of nitrogens with one attached hydrogen (secondary N) is 2. The fourth-order valence-electron chi connectivity index (χ4n) is 3.17. The molecule has 0 bridgehead atoms. The number of para-hydroxylation sites is 1. The molecular weight excluding hydrogens is 368 g/mol. The minimum Gasteiger partial charge on any atom is -0.363 e. The topological polar surface area (TPSA) is 87.5 Å². The lowest BCUT2D eigenvalue weighted by Gasteiger charge is -2.27. The predicted molar refractivity (Wildman–Crippen MR) is 115 cm³/mol. The highest BCUT2D eigenvalue weighted by atomic mass is 16.5. The van der Waals surface area contributed by atoms with Crippen molar-refractivity contribution in [1.29, 1.82) is 0 Å². The van der Waals surface area contributed by atoms with Crippen molar-refractivity contribution in [3.05, 3.63) is 41.7 Å². The Labute approximate surface area is 172 Å². The molecule has 0 aliphatic heterocycles. The Morgan fingerprint density at radius 1 is 1.00 bits per heavy atom. The first-order valence-corrected chi connectivity index (χ1v) is 10.1. The minimum absolute atomic E-state index is 0.0717. The minimum atomic E-state index is -0.323. The highest BCUT2D eigenvalue weighted by Crippen LogP contribution is 2.32. The Morgan fingerprint density at radius 2 is 1.62 bits per heavy atom. The molecule has 1 aromatic heterocycles. The van der Waals surface area contributed by atoms with E-state index in [1.165, 1.54) is 11.2 Å². The molecule has 2 N–H and O–H groups in total. The molecule has 0 spiro atoms. The number of nitrogens with zero attached hydrogens (tertiary/aromatic N) is 2. The number of carbonyl (C=O) groups is 2. The second kappa shape index (κ2) is 10.1. The van der Waals surface area contributed by atoms with Crippen LogP contribution in [0.15, 0.2) is 35.1 Å². The lowest BCUT2D eigenvalue weighted by molar-refractivity contribution is -0.116. The summed E-state index contributed by atoms with van der Waals surface area (Å²) in [6.45, 7) is 12.8. The number of benzene rings is 1. The molecule has 0 aliphatic carbocycles. The standard InChI is InChI=1S/C22H32N4O3/c1-14(2)12-26(13-20(27)23-19-10-11-29-25-19)22(28)24-21-17(15(3)4)8-7-9-18(21)16(5)6/h7-11,14-16H,12-13H2,1-6H3,(H,24,28)(H,23,25,27). The van der Waals surface area contributed by atoms with E-state index in [2.05, 4.69) is 43.5 Å². The van der Waals surface area contributed by atoms with Gasteiger partial charge in [0.25, 0.3) is 0 Å². The quantitative estimate of drug-likeness (QED) is 0.649. The van der Waals surface area contributed by atoms with Crippen molar-refractivity contribution in [2.45, 2.75) is 53.4 Å². The van der Waals surface area contributed by atoms with Gasteiger partial charge < -0.3 is 20.1 Å². The van der Waals surface area contributed by atoms with Crippen LogP contribution in [-0.2, 0) is 4.79 Å². The molecule has 1 heterocycles. The molecule has 0 radical (unpaired) electrons. The number of rotatable bonds is 8. The lowest BCUT2D eigenvalue weighted by Crippen LogP contribution is -2.42. The molecule has 7 heteroatoms. The first-order valence-electron chi connectivity index (χ1n) is 10.1. The first-order chi connectivity index (χ1) is 13.7. The van der Waals surface area contributed by atoms with Gasteiger partial charge >= 0.3 is 6.03 Å². The summed E-state index contributed by atoms with van der Waals surface area (Å²) in [5.74, 6) is 0.740. The Morgan fingerprint density at radius 3 is 2.10 bits per heavy atom. The number of aromatic nitrogens is 1. The van der Waals surface area contributed by atoms with Crippen molar-refractivity contribution in [2.24, 2.45) is 5.92 Å². The monoisotopic (exact) mass is 400 g/mol. The first kappa shape index (κ1) is 22.5. The maximum absolute atomic E-state index is 13.1. The van der Waals surface area contributed by atoms with Crippen LogP contribution < -0.4 is 10.6 Å². The summed E-state index contributed by atoms with van der Waals surface area (Å²) in [5, 5.41) is 9.40. The molecular formula is C22H32N4O3. The number of carbonyl (C=O) groups excluding carboxylic acids is 2. The van der Waals surface area contributed by atoms with Crippen molar-refractivity contribution in [3.63, 3.8) is 0 Å². The van der Waals surface area contributed by atoms with Crippen LogP contribution in [0, 0.1) is 5.92 Å². The number of urea groups is 1. The number of hydrogen-bond donors (Lipinski definition) is 2. The van der Waals surface area contributed by atoms with Gasteiger partial charge in [0.2, 0.25) is 5.91 Å². The third-order valence-electron chi connectivity index (χ3n) is 4.52. The van der Waals surface area contributed by atoms with Crippen molar-refractivity contribution >= 4 is 23.4 Å². The van der Waals surface area contributed by atoms with E-state index < -0.39 is 0 Å². The second-order valence-electron chi connectivity index (χ2n) is 8.26. The molecule has 0 fully saturated rings. The van der Waals surface area contributed by atoms with Crippen LogP contribution >= 0.6 is 0 Å². The van der Waals surface area contributed by atoms with Crippen LogP contribution in [-0.4, -0.2) is 35.1 Å². The average molecular weight is 401 g/mol. The summed E-state index contributed by atoms with van der Waals surface area (Å²) in [6, 6.07) is 7.37. The second-order valence-corrected chi connectivity index (χ2v) is 8.26. The highest BCUT2D eigenvalue weighted by molar-refractivity contribution is 5.97. The molecule has 0 aliphatic rings. The number of anilines is 2. The van der Waals surface area contributed by atoms with Gasteiger partial charge in [-0.3, -0.25) is 4.79 Å². The van der Waals surface area contributed by atoms with E-state index in [4.69, 9.17) is 4.52 Å². The van der Waals surface area contributed by atoms with Gasteiger partial charge in [-0.15, -0.1) is 0 Å². The van der Waals surface area contributed by atoms with Gasteiger partial charge in [-0.05, 0) is 28.9 Å². The summed E-state index contributed by atoms with van der Waals surface area (Å²) in [5.41, 5.74) is 3.01. The molecule has 3 amide bonds. The van der Waals surface area contributed by atoms with Crippen LogP contribution in [0.5, 0.6) is 0 Å². The van der Waals surface area contributed by atoms with E-state index in [0.29, 0.717) is 12.4 Å². The maximum Gasteiger partial charge on any atom is 0.322 e. The zero-order valence-electron chi connectivity index (χ0n) is 18.2. The van der Waals surface area contributed by atoms with E-state index in [1.54, 1.807) is 6.07 Å². The molecule has 0 atom stereocenters.